The maximum Gasteiger partial charge on any atom is 0.200 e. The normalized spacial score (nSPS) is 10.6. The first-order valence-corrected chi connectivity index (χ1v) is 6.61. The SMILES string of the molecule is COc1ccc2c(=O)c(-c3ccc(O)c(OC)c3)coc2c1. The van der Waals surface area contributed by atoms with Crippen molar-refractivity contribution >= 4 is 11.0 Å². The van der Waals surface area contributed by atoms with Gasteiger partial charge in [0, 0.05) is 6.07 Å². The van der Waals surface area contributed by atoms with E-state index in [2.05, 4.69) is 0 Å². The van der Waals surface area contributed by atoms with Crippen LogP contribution in [0.4, 0.5) is 0 Å². The van der Waals surface area contributed by atoms with Crippen LogP contribution in [0, 0.1) is 0 Å². The number of aromatic hydroxyl groups is 1. The fourth-order valence-electron chi connectivity index (χ4n) is 2.28. The fraction of sp³-hybridized carbons (Fsp3) is 0.118. The third-order valence-electron chi connectivity index (χ3n) is 3.47. The molecule has 0 saturated heterocycles. The van der Waals surface area contributed by atoms with Gasteiger partial charge < -0.3 is 19.0 Å². The largest absolute Gasteiger partial charge is 0.504 e. The molecule has 22 heavy (non-hydrogen) atoms. The molecule has 112 valence electrons. The molecular weight excluding hydrogens is 284 g/mol. The van der Waals surface area contributed by atoms with Gasteiger partial charge in [0.1, 0.15) is 17.6 Å². The molecule has 0 aliphatic heterocycles. The van der Waals surface area contributed by atoms with E-state index >= 15 is 0 Å². The van der Waals surface area contributed by atoms with Gasteiger partial charge in [-0.15, -0.1) is 0 Å². The van der Waals surface area contributed by atoms with Gasteiger partial charge in [-0.05, 0) is 29.8 Å². The number of phenolic OH excluding ortho intramolecular Hbond substituents is 1. The zero-order chi connectivity index (χ0) is 15.7. The quantitative estimate of drug-likeness (QED) is 0.804. The number of rotatable bonds is 3. The van der Waals surface area contributed by atoms with E-state index in [1.807, 2.05) is 0 Å². The lowest BCUT2D eigenvalue weighted by molar-refractivity contribution is 0.373. The Balaban J connectivity index is 2.20. The second-order valence-corrected chi connectivity index (χ2v) is 4.73. The maximum absolute atomic E-state index is 12.6. The van der Waals surface area contributed by atoms with Gasteiger partial charge in [-0.2, -0.15) is 0 Å². The van der Waals surface area contributed by atoms with Crippen molar-refractivity contribution in [3.8, 4) is 28.4 Å². The van der Waals surface area contributed by atoms with Gasteiger partial charge in [0.25, 0.3) is 0 Å². The van der Waals surface area contributed by atoms with Crippen LogP contribution in [0.1, 0.15) is 0 Å². The summed E-state index contributed by atoms with van der Waals surface area (Å²) in [5.74, 6) is 0.933. The maximum atomic E-state index is 12.6. The minimum absolute atomic E-state index is 0.0150. The van der Waals surface area contributed by atoms with Crippen LogP contribution in [-0.2, 0) is 0 Å². The molecule has 0 atom stereocenters. The minimum Gasteiger partial charge on any atom is -0.504 e. The zero-order valence-electron chi connectivity index (χ0n) is 12.1. The van der Waals surface area contributed by atoms with Crippen molar-refractivity contribution in [3.05, 3.63) is 52.9 Å². The second kappa shape index (κ2) is 5.44. The molecule has 5 nitrogen and oxygen atoms in total. The van der Waals surface area contributed by atoms with E-state index < -0.39 is 0 Å². The van der Waals surface area contributed by atoms with Gasteiger partial charge in [-0.25, -0.2) is 0 Å². The van der Waals surface area contributed by atoms with E-state index in [1.165, 1.54) is 19.4 Å². The van der Waals surface area contributed by atoms with Gasteiger partial charge in [-0.1, -0.05) is 6.07 Å². The van der Waals surface area contributed by atoms with Crippen LogP contribution in [0.5, 0.6) is 17.2 Å². The smallest absolute Gasteiger partial charge is 0.200 e. The van der Waals surface area contributed by atoms with Crippen molar-refractivity contribution in [2.45, 2.75) is 0 Å². The molecule has 0 bridgehead atoms. The predicted octanol–water partition coefficient (Wildman–Crippen LogP) is 3.18. The van der Waals surface area contributed by atoms with Crippen LogP contribution < -0.4 is 14.9 Å². The van der Waals surface area contributed by atoms with Crippen molar-refractivity contribution in [2.24, 2.45) is 0 Å². The van der Waals surface area contributed by atoms with E-state index in [4.69, 9.17) is 13.9 Å². The standard InChI is InChI=1S/C17H14O5/c1-20-11-4-5-12-15(8-11)22-9-13(17(12)19)10-3-6-14(18)16(7-10)21-2/h3-9,18H,1-2H3. The van der Waals surface area contributed by atoms with Crippen molar-refractivity contribution < 1.29 is 19.0 Å². The monoisotopic (exact) mass is 298 g/mol. The third-order valence-corrected chi connectivity index (χ3v) is 3.47. The summed E-state index contributed by atoms with van der Waals surface area (Å²) in [6, 6.07) is 9.75. The Morgan fingerprint density at radius 1 is 1.05 bits per heavy atom. The molecule has 2 aromatic carbocycles. The molecule has 0 unspecified atom stereocenters. The number of benzene rings is 2. The van der Waals surface area contributed by atoms with Crippen LogP contribution in [0.2, 0.25) is 0 Å². The lowest BCUT2D eigenvalue weighted by Gasteiger charge is -2.07. The van der Waals surface area contributed by atoms with Gasteiger partial charge in [-0.3, -0.25) is 4.79 Å². The number of phenols is 1. The first kappa shape index (κ1) is 14.0. The van der Waals surface area contributed by atoms with Gasteiger partial charge in [0.15, 0.2) is 16.9 Å². The third kappa shape index (κ3) is 2.26. The molecular formula is C17H14O5. The van der Waals surface area contributed by atoms with Crippen LogP contribution >= 0.6 is 0 Å². The molecule has 0 saturated carbocycles. The van der Waals surface area contributed by atoms with E-state index in [9.17, 15) is 9.90 Å². The van der Waals surface area contributed by atoms with Gasteiger partial charge in [0.05, 0.1) is 25.2 Å². The number of hydrogen-bond acceptors (Lipinski definition) is 5. The summed E-state index contributed by atoms with van der Waals surface area (Å²) >= 11 is 0. The Hall–Kier alpha value is -2.95. The Labute approximate surface area is 126 Å². The molecule has 0 radical (unpaired) electrons. The zero-order valence-corrected chi connectivity index (χ0v) is 12.1. The highest BCUT2D eigenvalue weighted by Gasteiger charge is 2.12. The van der Waals surface area contributed by atoms with Crippen LogP contribution in [0.25, 0.3) is 22.1 Å². The van der Waals surface area contributed by atoms with Crippen molar-refractivity contribution in [1.82, 2.24) is 0 Å². The number of ether oxygens (including phenoxy) is 2. The average molecular weight is 298 g/mol. The summed E-state index contributed by atoms with van der Waals surface area (Å²) in [6.07, 6.45) is 1.40. The summed E-state index contributed by atoms with van der Waals surface area (Å²) in [5, 5.41) is 10.1. The number of fused-ring (bicyclic) bond motifs is 1. The molecule has 0 aliphatic carbocycles. The molecule has 1 aromatic heterocycles. The molecule has 1 N–H and O–H groups in total. The fourth-order valence-corrected chi connectivity index (χ4v) is 2.28. The minimum atomic E-state index is -0.156. The summed E-state index contributed by atoms with van der Waals surface area (Å²) < 4.78 is 15.7. The summed E-state index contributed by atoms with van der Waals surface area (Å²) in [7, 11) is 3.00. The highest BCUT2D eigenvalue weighted by atomic mass is 16.5. The Morgan fingerprint density at radius 2 is 1.86 bits per heavy atom. The topological polar surface area (TPSA) is 68.9 Å². The van der Waals surface area contributed by atoms with Crippen LogP contribution in [0.3, 0.4) is 0 Å². The first-order valence-electron chi connectivity index (χ1n) is 6.61. The molecule has 0 amide bonds. The summed E-state index contributed by atoms with van der Waals surface area (Å²) in [6.45, 7) is 0. The van der Waals surface area contributed by atoms with Gasteiger partial charge >= 0.3 is 0 Å². The molecule has 0 spiro atoms. The molecule has 3 aromatic rings. The lowest BCUT2D eigenvalue weighted by atomic mass is 10.0. The van der Waals surface area contributed by atoms with E-state index in [0.717, 1.165) is 0 Å². The second-order valence-electron chi connectivity index (χ2n) is 4.73. The van der Waals surface area contributed by atoms with Crippen LogP contribution in [0.15, 0.2) is 51.9 Å². The van der Waals surface area contributed by atoms with Crippen molar-refractivity contribution in [3.63, 3.8) is 0 Å². The summed E-state index contributed by atoms with van der Waals surface area (Å²) in [4.78, 5) is 12.6. The van der Waals surface area contributed by atoms with Gasteiger partial charge in [0.2, 0.25) is 0 Å². The molecule has 5 heteroatoms. The van der Waals surface area contributed by atoms with E-state index in [-0.39, 0.29) is 11.2 Å². The van der Waals surface area contributed by atoms with Crippen LogP contribution in [-0.4, -0.2) is 19.3 Å². The number of methoxy groups -OCH3 is 2. The highest BCUT2D eigenvalue weighted by molar-refractivity contribution is 5.83. The lowest BCUT2D eigenvalue weighted by Crippen LogP contribution is -2.05. The highest BCUT2D eigenvalue weighted by Crippen LogP contribution is 2.31. The molecule has 3 rings (SSSR count). The van der Waals surface area contributed by atoms with E-state index in [0.29, 0.717) is 33.6 Å². The molecule has 1 heterocycles. The molecule has 0 aliphatic rings. The van der Waals surface area contributed by atoms with E-state index in [1.54, 1.807) is 37.4 Å². The summed E-state index contributed by atoms with van der Waals surface area (Å²) in [5.41, 5.74) is 1.31. The average Bonchev–Trinajstić information content (AvgIpc) is 2.55. The molecule has 0 fully saturated rings. The Bertz CT molecular complexity index is 895. The first-order chi connectivity index (χ1) is 10.6. The van der Waals surface area contributed by atoms with Crippen molar-refractivity contribution in [1.29, 1.82) is 0 Å². The number of hydrogen-bond donors (Lipinski definition) is 1. The Morgan fingerprint density at radius 3 is 2.59 bits per heavy atom. The van der Waals surface area contributed by atoms with Crippen molar-refractivity contribution in [2.75, 3.05) is 14.2 Å². The Kier molecular flexibility index (Phi) is 3.47. The predicted molar refractivity (Wildman–Crippen MR) is 82.7 cm³/mol.